The van der Waals surface area contributed by atoms with Crippen LogP contribution in [-0.2, 0) is 4.79 Å². The molecule has 1 aromatic heterocycles. The molecule has 9 heteroatoms. The van der Waals surface area contributed by atoms with Gasteiger partial charge in [-0.15, -0.1) is 5.10 Å². The van der Waals surface area contributed by atoms with Gasteiger partial charge in [0.05, 0.1) is 5.25 Å². The van der Waals surface area contributed by atoms with E-state index in [4.69, 9.17) is 23.2 Å². The van der Waals surface area contributed by atoms with E-state index in [1.54, 1.807) is 29.7 Å². The Morgan fingerprint density at radius 1 is 1.39 bits per heavy atom. The normalized spacial score (nSPS) is 15.4. The van der Waals surface area contributed by atoms with E-state index in [9.17, 15) is 9.59 Å². The molecule has 1 aromatic carbocycles. The van der Waals surface area contributed by atoms with Crippen molar-refractivity contribution in [2.24, 2.45) is 0 Å². The highest BCUT2D eigenvalue weighted by Crippen LogP contribution is 2.36. The summed E-state index contributed by atoms with van der Waals surface area (Å²) in [6, 6.07) is 5.04. The van der Waals surface area contributed by atoms with Gasteiger partial charge in [0, 0.05) is 21.8 Å². The van der Waals surface area contributed by atoms with E-state index in [0.717, 1.165) is 12.8 Å². The molecule has 0 bridgehead atoms. The molecule has 1 aliphatic rings. The second kappa shape index (κ2) is 6.59. The van der Waals surface area contributed by atoms with Gasteiger partial charge in [-0.25, -0.2) is 9.89 Å². The maximum Gasteiger partial charge on any atom is 0.344 e. The van der Waals surface area contributed by atoms with Crippen molar-refractivity contribution >= 4 is 46.6 Å². The highest BCUT2D eigenvalue weighted by Gasteiger charge is 2.30. The number of aromatic nitrogens is 3. The largest absolute Gasteiger partial charge is 0.344 e. The Hall–Kier alpha value is -1.44. The van der Waals surface area contributed by atoms with Crippen molar-refractivity contribution in [3.05, 3.63) is 38.7 Å². The third kappa shape index (κ3) is 3.91. The summed E-state index contributed by atoms with van der Waals surface area (Å²) in [5.41, 5.74) is 0.297. The standard InChI is InChI=1S/C14H14Cl2N4O2S/c1-7(12(21)17-10-5-8(15)4-9(16)6-10)23-14-19-18-13(22)20(14)11-2-3-11/h4-7,11H,2-3H2,1H3,(H,17,21)(H,18,22)/t7-/m0/s1. The highest BCUT2D eigenvalue weighted by molar-refractivity contribution is 8.00. The second-order valence-electron chi connectivity index (χ2n) is 5.32. The third-order valence-corrected chi connectivity index (χ3v) is 4.87. The molecule has 1 saturated carbocycles. The smallest absolute Gasteiger partial charge is 0.325 e. The molecular formula is C14H14Cl2N4O2S. The number of benzene rings is 1. The first kappa shape index (κ1) is 16.4. The van der Waals surface area contributed by atoms with Gasteiger partial charge >= 0.3 is 5.69 Å². The van der Waals surface area contributed by atoms with E-state index >= 15 is 0 Å². The predicted molar refractivity (Wildman–Crippen MR) is 91.5 cm³/mol. The Morgan fingerprint density at radius 2 is 2.04 bits per heavy atom. The van der Waals surface area contributed by atoms with Gasteiger partial charge in [0.1, 0.15) is 0 Å². The summed E-state index contributed by atoms with van der Waals surface area (Å²) in [6.07, 6.45) is 1.93. The van der Waals surface area contributed by atoms with Crippen LogP contribution in [0.5, 0.6) is 0 Å². The zero-order chi connectivity index (χ0) is 16.6. The molecule has 0 unspecified atom stereocenters. The van der Waals surface area contributed by atoms with Crippen molar-refractivity contribution in [2.45, 2.75) is 36.2 Å². The zero-order valence-electron chi connectivity index (χ0n) is 12.2. The summed E-state index contributed by atoms with van der Waals surface area (Å²) in [5.74, 6) is -0.217. The van der Waals surface area contributed by atoms with Crippen molar-refractivity contribution in [2.75, 3.05) is 5.32 Å². The fraction of sp³-hybridized carbons (Fsp3) is 0.357. The Balaban J connectivity index is 1.69. The number of aromatic amines is 1. The van der Waals surface area contributed by atoms with Gasteiger partial charge in [-0.1, -0.05) is 35.0 Å². The molecule has 3 rings (SSSR count). The zero-order valence-corrected chi connectivity index (χ0v) is 14.5. The average molecular weight is 373 g/mol. The summed E-state index contributed by atoms with van der Waals surface area (Å²) in [4.78, 5) is 24.0. The molecule has 1 heterocycles. The maximum atomic E-state index is 12.3. The lowest BCUT2D eigenvalue weighted by Crippen LogP contribution is -2.23. The number of rotatable bonds is 5. The number of carbonyl (C=O) groups excluding carboxylic acids is 1. The topological polar surface area (TPSA) is 79.8 Å². The maximum absolute atomic E-state index is 12.3. The minimum Gasteiger partial charge on any atom is -0.325 e. The molecule has 1 atom stereocenters. The fourth-order valence-corrected chi connectivity index (χ4v) is 3.56. The Morgan fingerprint density at radius 3 is 2.65 bits per heavy atom. The van der Waals surface area contributed by atoms with E-state index in [0.29, 0.717) is 20.9 Å². The number of anilines is 1. The van der Waals surface area contributed by atoms with Gasteiger partial charge in [-0.05, 0) is 38.0 Å². The van der Waals surface area contributed by atoms with E-state index in [2.05, 4.69) is 15.5 Å². The molecule has 0 radical (unpaired) electrons. The Kier molecular flexibility index (Phi) is 4.70. The van der Waals surface area contributed by atoms with Crippen molar-refractivity contribution in [3.8, 4) is 0 Å². The molecule has 122 valence electrons. The number of hydrogen-bond donors (Lipinski definition) is 2. The van der Waals surface area contributed by atoms with Crippen LogP contribution < -0.4 is 11.0 Å². The minimum absolute atomic E-state index is 0.200. The van der Waals surface area contributed by atoms with Gasteiger partial charge in [0.2, 0.25) is 5.91 Å². The van der Waals surface area contributed by atoms with Crippen molar-refractivity contribution in [3.63, 3.8) is 0 Å². The number of carbonyl (C=O) groups is 1. The van der Waals surface area contributed by atoms with Gasteiger partial charge in [-0.3, -0.25) is 9.36 Å². The lowest BCUT2D eigenvalue weighted by molar-refractivity contribution is -0.115. The molecule has 6 nitrogen and oxygen atoms in total. The summed E-state index contributed by atoms with van der Waals surface area (Å²) >= 11 is 13.1. The summed E-state index contributed by atoms with van der Waals surface area (Å²) < 4.78 is 1.62. The SMILES string of the molecule is C[C@H](Sc1n[nH]c(=O)n1C1CC1)C(=O)Nc1cc(Cl)cc(Cl)c1. The van der Waals surface area contributed by atoms with E-state index in [-0.39, 0.29) is 17.6 Å². The van der Waals surface area contributed by atoms with Crippen molar-refractivity contribution in [1.29, 1.82) is 0 Å². The Bertz CT molecular complexity index is 780. The predicted octanol–water partition coefficient (Wildman–Crippen LogP) is 3.33. The monoisotopic (exact) mass is 372 g/mol. The fourth-order valence-electron chi connectivity index (χ4n) is 2.11. The molecule has 0 spiro atoms. The van der Waals surface area contributed by atoms with Crippen LogP contribution in [0.4, 0.5) is 5.69 Å². The van der Waals surface area contributed by atoms with Crippen LogP contribution in [0.1, 0.15) is 25.8 Å². The molecule has 0 aliphatic heterocycles. The minimum atomic E-state index is -0.430. The van der Waals surface area contributed by atoms with E-state index in [1.807, 2.05) is 0 Å². The number of halogens is 2. The Labute approximate surface area is 146 Å². The molecule has 0 saturated heterocycles. The van der Waals surface area contributed by atoms with Gasteiger partial charge in [-0.2, -0.15) is 0 Å². The van der Waals surface area contributed by atoms with Crippen LogP contribution in [0.15, 0.2) is 28.2 Å². The summed E-state index contributed by atoms with van der Waals surface area (Å²) in [6.45, 7) is 1.75. The first-order chi connectivity index (χ1) is 10.9. The summed E-state index contributed by atoms with van der Waals surface area (Å²) in [7, 11) is 0. The summed E-state index contributed by atoms with van der Waals surface area (Å²) in [5, 5.41) is 10.2. The average Bonchev–Trinajstić information content (AvgIpc) is 3.22. The van der Waals surface area contributed by atoms with Crippen LogP contribution in [-0.4, -0.2) is 25.9 Å². The molecule has 2 N–H and O–H groups in total. The number of thioether (sulfide) groups is 1. The van der Waals surface area contributed by atoms with Gasteiger partial charge in [0.15, 0.2) is 5.16 Å². The quantitative estimate of drug-likeness (QED) is 0.788. The van der Waals surface area contributed by atoms with Crippen molar-refractivity contribution < 1.29 is 4.79 Å². The van der Waals surface area contributed by atoms with Crippen molar-refractivity contribution in [1.82, 2.24) is 14.8 Å². The molecular weight excluding hydrogens is 359 g/mol. The third-order valence-electron chi connectivity index (χ3n) is 3.37. The van der Waals surface area contributed by atoms with Crippen LogP contribution in [0.3, 0.4) is 0 Å². The lowest BCUT2D eigenvalue weighted by Gasteiger charge is -2.12. The van der Waals surface area contributed by atoms with E-state index < -0.39 is 5.25 Å². The molecule has 1 fully saturated rings. The van der Waals surface area contributed by atoms with Crippen LogP contribution in [0.2, 0.25) is 10.0 Å². The number of amides is 1. The molecule has 2 aromatic rings. The first-order valence-corrected chi connectivity index (χ1v) is 8.68. The molecule has 1 amide bonds. The number of nitrogens with one attached hydrogen (secondary N) is 2. The number of nitrogens with zero attached hydrogens (tertiary/aromatic N) is 2. The first-order valence-electron chi connectivity index (χ1n) is 7.04. The van der Waals surface area contributed by atoms with Crippen LogP contribution in [0, 0.1) is 0 Å². The number of H-pyrrole nitrogens is 1. The molecule has 1 aliphatic carbocycles. The van der Waals surface area contributed by atoms with E-state index in [1.165, 1.54) is 11.8 Å². The van der Waals surface area contributed by atoms with Gasteiger partial charge < -0.3 is 5.32 Å². The van der Waals surface area contributed by atoms with Crippen LogP contribution >= 0.6 is 35.0 Å². The van der Waals surface area contributed by atoms with Gasteiger partial charge in [0.25, 0.3) is 0 Å². The lowest BCUT2D eigenvalue weighted by atomic mass is 10.3. The highest BCUT2D eigenvalue weighted by atomic mass is 35.5. The molecule has 23 heavy (non-hydrogen) atoms. The number of hydrogen-bond acceptors (Lipinski definition) is 4. The second-order valence-corrected chi connectivity index (χ2v) is 7.50. The van der Waals surface area contributed by atoms with Crippen LogP contribution in [0.25, 0.3) is 0 Å².